The number of nitrogens with zero attached hydrogens (tertiary/aromatic N) is 3. The quantitative estimate of drug-likeness (QED) is 0.249. The summed E-state index contributed by atoms with van der Waals surface area (Å²) in [6.45, 7) is 6.03. The van der Waals surface area contributed by atoms with Gasteiger partial charge in [0.25, 0.3) is 0 Å². The van der Waals surface area contributed by atoms with Crippen molar-refractivity contribution in [3.8, 4) is 11.3 Å². The van der Waals surface area contributed by atoms with E-state index < -0.39 is 0 Å². The molecule has 1 aromatic carbocycles. The van der Waals surface area contributed by atoms with Crippen molar-refractivity contribution in [1.82, 2.24) is 20.2 Å². The molecule has 1 aromatic heterocycles. The Morgan fingerprint density at radius 1 is 1.27 bits per heavy atom. The fraction of sp³-hybridized carbons (Fsp3) is 0.444. The molecule has 26 heavy (non-hydrogen) atoms. The predicted molar refractivity (Wildman–Crippen MR) is 115 cm³/mol. The molecule has 0 bridgehead atoms. The fourth-order valence-electron chi connectivity index (χ4n) is 2.77. The van der Waals surface area contributed by atoms with Gasteiger partial charge in [0.05, 0.1) is 25.1 Å². The van der Waals surface area contributed by atoms with Gasteiger partial charge in [-0.3, -0.25) is 4.90 Å². The van der Waals surface area contributed by atoms with Gasteiger partial charge in [-0.25, -0.2) is 9.98 Å². The summed E-state index contributed by atoms with van der Waals surface area (Å²) >= 11 is 0. The van der Waals surface area contributed by atoms with Crippen molar-refractivity contribution in [3.05, 3.63) is 42.4 Å². The number of aromatic nitrogens is 2. The molecule has 1 aliphatic heterocycles. The monoisotopic (exact) mass is 470 g/mol. The Kier molecular flexibility index (Phi) is 8.86. The van der Waals surface area contributed by atoms with Crippen molar-refractivity contribution in [2.24, 2.45) is 10.7 Å². The van der Waals surface area contributed by atoms with Gasteiger partial charge >= 0.3 is 0 Å². The van der Waals surface area contributed by atoms with Crippen LogP contribution >= 0.6 is 24.0 Å². The van der Waals surface area contributed by atoms with E-state index >= 15 is 0 Å². The first-order valence-corrected chi connectivity index (χ1v) is 8.74. The number of rotatable bonds is 7. The van der Waals surface area contributed by atoms with Crippen LogP contribution in [0.2, 0.25) is 0 Å². The van der Waals surface area contributed by atoms with Crippen LogP contribution < -0.4 is 11.1 Å². The average molecular weight is 470 g/mol. The molecule has 7 nitrogen and oxygen atoms in total. The minimum atomic E-state index is 0. The largest absolute Gasteiger partial charge is 0.379 e. The molecule has 3 rings (SSSR count). The van der Waals surface area contributed by atoms with Gasteiger partial charge in [-0.2, -0.15) is 0 Å². The molecular weight excluding hydrogens is 443 g/mol. The highest BCUT2D eigenvalue weighted by Crippen LogP contribution is 2.16. The third-order valence-electron chi connectivity index (χ3n) is 4.17. The summed E-state index contributed by atoms with van der Waals surface area (Å²) in [6, 6.07) is 10.1. The van der Waals surface area contributed by atoms with Crippen LogP contribution in [-0.2, 0) is 11.3 Å². The number of guanidine groups is 1. The lowest BCUT2D eigenvalue weighted by atomic mass is 10.2. The third-order valence-corrected chi connectivity index (χ3v) is 4.17. The maximum atomic E-state index is 5.92. The second-order valence-electron chi connectivity index (χ2n) is 6.05. The summed E-state index contributed by atoms with van der Waals surface area (Å²) in [5, 5.41) is 3.16. The minimum absolute atomic E-state index is 0. The fourth-order valence-corrected chi connectivity index (χ4v) is 2.77. The lowest BCUT2D eigenvalue weighted by Crippen LogP contribution is -2.39. The number of ether oxygens (including phenoxy) is 1. The molecule has 0 atom stereocenters. The highest BCUT2D eigenvalue weighted by molar-refractivity contribution is 14.0. The number of aromatic amines is 1. The number of benzene rings is 1. The smallest absolute Gasteiger partial charge is 0.189 e. The minimum Gasteiger partial charge on any atom is -0.379 e. The number of hydrogen-bond acceptors (Lipinski definition) is 4. The van der Waals surface area contributed by atoms with Gasteiger partial charge in [-0.15, -0.1) is 24.0 Å². The molecule has 0 aliphatic carbocycles. The van der Waals surface area contributed by atoms with E-state index in [2.05, 4.69) is 25.2 Å². The maximum Gasteiger partial charge on any atom is 0.189 e. The van der Waals surface area contributed by atoms with E-state index in [-0.39, 0.29) is 24.0 Å². The van der Waals surface area contributed by atoms with Crippen molar-refractivity contribution >= 4 is 29.9 Å². The van der Waals surface area contributed by atoms with E-state index in [1.54, 1.807) is 0 Å². The Balaban J connectivity index is 0.00000243. The molecule has 142 valence electrons. The molecule has 4 N–H and O–H groups in total. The Bertz CT molecular complexity index is 669. The maximum absolute atomic E-state index is 5.92. The third kappa shape index (κ3) is 6.58. The van der Waals surface area contributed by atoms with Gasteiger partial charge < -0.3 is 20.8 Å². The van der Waals surface area contributed by atoms with Gasteiger partial charge in [0, 0.05) is 19.6 Å². The number of H-pyrrole nitrogens is 1. The first-order chi connectivity index (χ1) is 12.3. The number of aliphatic imine (C=N–C) groups is 1. The second kappa shape index (κ2) is 11.1. The molecular formula is C18H27IN6O. The predicted octanol–water partition coefficient (Wildman–Crippen LogP) is 1.82. The lowest BCUT2D eigenvalue weighted by Gasteiger charge is -2.26. The Morgan fingerprint density at radius 3 is 2.81 bits per heavy atom. The molecule has 2 heterocycles. The summed E-state index contributed by atoms with van der Waals surface area (Å²) in [4.78, 5) is 14.4. The van der Waals surface area contributed by atoms with Crippen LogP contribution in [0.4, 0.5) is 0 Å². The van der Waals surface area contributed by atoms with Crippen LogP contribution in [-0.4, -0.2) is 60.2 Å². The molecule has 2 aromatic rings. The standard InChI is InChI=1S/C18H26N6O.HI/c19-18(20-7-4-8-24-9-11-25-12-10-24)22-14-17-21-13-16(23-17)15-5-2-1-3-6-15;/h1-3,5-6,13H,4,7-12,14H2,(H,21,23)(H3,19,20,22);1H. The highest BCUT2D eigenvalue weighted by atomic mass is 127. The van der Waals surface area contributed by atoms with Gasteiger partial charge in [0.2, 0.25) is 0 Å². The molecule has 0 radical (unpaired) electrons. The summed E-state index contributed by atoms with van der Waals surface area (Å²) < 4.78 is 5.34. The molecule has 1 saturated heterocycles. The Labute approximate surface area is 171 Å². The van der Waals surface area contributed by atoms with Crippen LogP contribution in [0.1, 0.15) is 12.2 Å². The van der Waals surface area contributed by atoms with Crippen molar-refractivity contribution in [2.45, 2.75) is 13.0 Å². The zero-order valence-corrected chi connectivity index (χ0v) is 17.2. The number of halogens is 1. The Hall–Kier alpha value is -1.65. The van der Waals surface area contributed by atoms with Crippen molar-refractivity contribution < 1.29 is 4.74 Å². The van der Waals surface area contributed by atoms with Crippen LogP contribution in [0.3, 0.4) is 0 Å². The first-order valence-electron chi connectivity index (χ1n) is 8.74. The van der Waals surface area contributed by atoms with Gasteiger partial charge in [-0.1, -0.05) is 30.3 Å². The van der Waals surface area contributed by atoms with E-state index in [0.29, 0.717) is 12.5 Å². The first kappa shape index (κ1) is 20.7. The molecule has 8 heteroatoms. The normalized spacial score (nSPS) is 15.5. The van der Waals surface area contributed by atoms with Gasteiger partial charge in [0.1, 0.15) is 12.4 Å². The van der Waals surface area contributed by atoms with Crippen LogP contribution in [0.5, 0.6) is 0 Å². The van der Waals surface area contributed by atoms with Crippen LogP contribution in [0, 0.1) is 0 Å². The van der Waals surface area contributed by atoms with E-state index in [9.17, 15) is 0 Å². The van der Waals surface area contributed by atoms with E-state index in [0.717, 1.165) is 62.9 Å². The molecule has 1 aliphatic rings. The van der Waals surface area contributed by atoms with Gasteiger partial charge in [0.15, 0.2) is 5.96 Å². The number of morpholine rings is 1. The summed E-state index contributed by atoms with van der Waals surface area (Å²) in [5.41, 5.74) is 8.02. The second-order valence-corrected chi connectivity index (χ2v) is 6.05. The summed E-state index contributed by atoms with van der Waals surface area (Å²) in [7, 11) is 0. The Morgan fingerprint density at radius 2 is 2.04 bits per heavy atom. The van der Waals surface area contributed by atoms with E-state index in [4.69, 9.17) is 10.5 Å². The molecule has 0 unspecified atom stereocenters. The topological polar surface area (TPSA) is 91.6 Å². The number of imidazole rings is 1. The lowest BCUT2D eigenvalue weighted by molar-refractivity contribution is 0.0376. The van der Waals surface area contributed by atoms with Crippen molar-refractivity contribution in [3.63, 3.8) is 0 Å². The van der Waals surface area contributed by atoms with E-state index in [1.807, 2.05) is 36.5 Å². The summed E-state index contributed by atoms with van der Waals surface area (Å²) in [5.74, 6) is 1.26. The zero-order valence-electron chi connectivity index (χ0n) is 14.9. The number of hydrogen-bond donors (Lipinski definition) is 3. The van der Waals surface area contributed by atoms with E-state index in [1.165, 1.54) is 0 Å². The van der Waals surface area contributed by atoms with Crippen LogP contribution in [0.15, 0.2) is 41.5 Å². The van der Waals surface area contributed by atoms with Gasteiger partial charge in [-0.05, 0) is 18.5 Å². The van der Waals surface area contributed by atoms with Crippen molar-refractivity contribution in [2.75, 3.05) is 39.4 Å². The molecule has 0 amide bonds. The number of nitrogens with one attached hydrogen (secondary N) is 2. The van der Waals surface area contributed by atoms with Crippen molar-refractivity contribution in [1.29, 1.82) is 0 Å². The molecule has 0 saturated carbocycles. The average Bonchev–Trinajstić information content (AvgIpc) is 3.14. The highest BCUT2D eigenvalue weighted by Gasteiger charge is 2.09. The summed E-state index contributed by atoms with van der Waals surface area (Å²) in [6.07, 6.45) is 2.86. The number of nitrogens with two attached hydrogens (primary N) is 1. The SMILES string of the molecule is I.NC(=NCc1ncc(-c2ccccc2)[nH]1)NCCCN1CCOCC1. The zero-order chi connectivity index (χ0) is 17.3. The molecule has 0 spiro atoms. The molecule has 1 fully saturated rings. The van der Waals surface area contributed by atoms with Crippen LogP contribution in [0.25, 0.3) is 11.3 Å².